The van der Waals surface area contributed by atoms with Gasteiger partial charge in [0.05, 0.1) is 29.2 Å². The van der Waals surface area contributed by atoms with Crippen LogP contribution in [-0.4, -0.2) is 89.7 Å². The zero-order valence-corrected chi connectivity index (χ0v) is 28.9. The third-order valence-electron chi connectivity index (χ3n) is 9.13. The molecule has 1 aromatic carbocycles. The number of carbonyl (C=O) groups is 3. The van der Waals surface area contributed by atoms with Gasteiger partial charge in [-0.25, -0.2) is 0 Å². The Balaban J connectivity index is 1.78. The minimum atomic E-state index is -0.804. The molecule has 236 valence electrons. The number of hydrogen-bond donors (Lipinski definition) is 1. The molecule has 9 heteroatoms. The van der Waals surface area contributed by atoms with Gasteiger partial charge in [-0.2, -0.15) is 0 Å². The Bertz CT molecular complexity index is 1230. The van der Waals surface area contributed by atoms with Gasteiger partial charge in [-0.3, -0.25) is 14.4 Å². The van der Waals surface area contributed by atoms with Crippen LogP contribution in [0.2, 0.25) is 0 Å². The van der Waals surface area contributed by atoms with Crippen LogP contribution in [0.25, 0.3) is 0 Å². The fraction of sp³-hybridized carbons (Fsp3) is 0.618. The molecule has 1 N–H and O–H groups in total. The summed E-state index contributed by atoms with van der Waals surface area (Å²) in [4.78, 5) is 49.1. The molecule has 2 bridgehead atoms. The molecule has 0 aromatic heterocycles. The van der Waals surface area contributed by atoms with Crippen LogP contribution < -0.4 is 0 Å². The Morgan fingerprint density at radius 2 is 1.77 bits per heavy atom. The maximum atomic E-state index is 14.9. The second kappa shape index (κ2) is 12.7. The second-order valence-electron chi connectivity index (χ2n) is 14.2. The molecular formula is C34H48BrN3O4S. The molecule has 3 amide bonds. The Morgan fingerprint density at radius 1 is 1.14 bits per heavy atom. The molecular weight excluding hydrogens is 626 g/mol. The van der Waals surface area contributed by atoms with E-state index < -0.39 is 34.2 Å². The van der Waals surface area contributed by atoms with Crippen LogP contribution >= 0.6 is 27.7 Å². The predicted molar refractivity (Wildman–Crippen MR) is 178 cm³/mol. The van der Waals surface area contributed by atoms with Gasteiger partial charge in [0.15, 0.2) is 0 Å². The highest BCUT2D eigenvalue weighted by molar-refractivity contribution is 9.09. The topological polar surface area (TPSA) is 81.2 Å². The lowest BCUT2D eigenvalue weighted by Crippen LogP contribution is -2.61. The summed E-state index contributed by atoms with van der Waals surface area (Å²) in [6, 6.07) is 8.44. The van der Waals surface area contributed by atoms with Crippen LogP contribution in [0.5, 0.6) is 0 Å². The smallest absolute Gasteiger partial charge is 0.247 e. The van der Waals surface area contributed by atoms with E-state index in [1.165, 1.54) is 0 Å². The van der Waals surface area contributed by atoms with Gasteiger partial charge < -0.3 is 19.8 Å². The van der Waals surface area contributed by atoms with E-state index >= 15 is 0 Å². The number of hydrogen-bond acceptors (Lipinski definition) is 5. The van der Waals surface area contributed by atoms with Crippen molar-refractivity contribution >= 4 is 45.4 Å². The molecule has 3 heterocycles. The van der Waals surface area contributed by atoms with E-state index in [1.54, 1.807) is 40.6 Å². The van der Waals surface area contributed by atoms with Crippen LogP contribution in [0.3, 0.4) is 0 Å². The first-order valence-corrected chi connectivity index (χ1v) is 17.0. The highest BCUT2D eigenvalue weighted by Crippen LogP contribution is 2.68. The zero-order valence-electron chi connectivity index (χ0n) is 26.5. The summed E-state index contributed by atoms with van der Waals surface area (Å²) in [6.07, 6.45) is 4.80. The monoisotopic (exact) mass is 673 g/mol. The number of fused-ring (bicyclic) bond motifs is 1. The number of nitrogens with zero attached hydrogens (tertiary/aromatic N) is 3. The third kappa shape index (κ3) is 6.23. The maximum absolute atomic E-state index is 14.9. The van der Waals surface area contributed by atoms with Crippen LogP contribution in [0, 0.1) is 17.3 Å². The first kappa shape index (κ1) is 33.8. The summed E-state index contributed by atoms with van der Waals surface area (Å²) in [5.41, 5.74) is 0.442. The number of likely N-dealkylation sites (tertiary alicyclic amines) is 1. The molecule has 3 unspecified atom stereocenters. The zero-order chi connectivity index (χ0) is 31.9. The van der Waals surface area contributed by atoms with Crippen LogP contribution in [0.15, 0.2) is 55.6 Å². The molecule has 3 aliphatic heterocycles. The van der Waals surface area contributed by atoms with Gasteiger partial charge in [-0.05, 0) is 44.6 Å². The molecule has 3 saturated heterocycles. The molecule has 7 atom stereocenters. The van der Waals surface area contributed by atoms with Crippen LogP contribution in [0.4, 0.5) is 0 Å². The average molecular weight is 675 g/mol. The average Bonchev–Trinajstić information content (AvgIpc) is 3.52. The van der Waals surface area contributed by atoms with Gasteiger partial charge in [0.2, 0.25) is 17.7 Å². The van der Waals surface area contributed by atoms with Crippen molar-refractivity contribution < 1.29 is 19.5 Å². The molecule has 1 aromatic rings. The van der Waals surface area contributed by atoms with Gasteiger partial charge in [0.25, 0.3) is 0 Å². The fourth-order valence-electron chi connectivity index (χ4n) is 7.90. The molecule has 4 rings (SSSR count). The molecule has 3 aliphatic rings. The van der Waals surface area contributed by atoms with E-state index in [0.717, 1.165) is 12.0 Å². The van der Waals surface area contributed by atoms with Crippen molar-refractivity contribution in [2.75, 3.05) is 19.7 Å². The highest BCUT2D eigenvalue weighted by atomic mass is 79.9. The Kier molecular flexibility index (Phi) is 9.99. The summed E-state index contributed by atoms with van der Waals surface area (Å²) >= 11 is 5.51. The summed E-state index contributed by atoms with van der Waals surface area (Å²) < 4.78 is -0.791. The lowest BCUT2D eigenvalue weighted by atomic mass is 9.70. The van der Waals surface area contributed by atoms with E-state index in [1.807, 2.05) is 35.2 Å². The number of benzene rings is 1. The van der Waals surface area contributed by atoms with Gasteiger partial charge >= 0.3 is 0 Å². The SMILES string of the molecule is C=CCN(Cc1ccccc1)C(=O)[C@H]1[C@H]2C(=O)N([C@H](C)CO)C(C(=O)N(CC=C)C(C)(C)CC(C)(C)C)C23CC(Br)[C@@H]1S3. The number of alkyl halides is 1. The molecule has 7 nitrogen and oxygen atoms in total. The summed E-state index contributed by atoms with van der Waals surface area (Å²) in [6.45, 7) is 21.1. The summed E-state index contributed by atoms with van der Waals surface area (Å²) in [5, 5.41) is 10.2. The van der Waals surface area contributed by atoms with Crippen molar-refractivity contribution in [2.24, 2.45) is 17.3 Å². The van der Waals surface area contributed by atoms with E-state index in [4.69, 9.17) is 0 Å². The van der Waals surface area contributed by atoms with Crippen molar-refractivity contribution in [1.29, 1.82) is 0 Å². The number of rotatable bonds is 12. The van der Waals surface area contributed by atoms with Crippen LogP contribution in [-0.2, 0) is 20.9 Å². The number of amides is 3. The Labute approximate surface area is 270 Å². The molecule has 43 heavy (non-hydrogen) atoms. The quantitative estimate of drug-likeness (QED) is 0.241. The lowest BCUT2D eigenvalue weighted by molar-refractivity contribution is -0.149. The van der Waals surface area contributed by atoms with Gasteiger partial charge in [0, 0.05) is 35.3 Å². The van der Waals surface area contributed by atoms with Crippen molar-refractivity contribution in [3.8, 4) is 0 Å². The number of halogens is 1. The van der Waals surface area contributed by atoms with E-state index in [0.29, 0.717) is 26.1 Å². The number of carbonyl (C=O) groups excluding carboxylic acids is 3. The fourth-order valence-corrected chi connectivity index (χ4v) is 11.5. The van der Waals surface area contributed by atoms with E-state index in [9.17, 15) is 19.5 Å². The number of aliphatic hydroxyl groups is 1. The largest absolute Gasteiger partial charge is 0.394 e. The standard InChI is InChI=1S/C34H48BrN3O4S/c1-9-16-36(19-23-14-12-11-13-15-23)29(40)25-26-30(41)38(22(3)20-39)28(34(26)18-24(35)27(25)43-34)31(42)37(17-10-2)33(7,8)21-32(4,5)6/h9-15,22,24-28,39H,1-2,16-21H2,3-8H3/t22-,24?,25+,26+,27+,28?,34?/m1/s1. The number of aliphatic hydroxyl groups excluding tert-OH is 1. The minimum absolute atomic E-state index is 0.0343. The highest BCUT2D eigenvalue weighted by Gasteiger charge is 2.76. The molecule has 0 radical (unpaired) electrons. The predicted octanol–water partition coefficient (Wildman–Crippen LogP) is 5.28. The van der Waals surface area contributed by atoms with Gasteiger partial charge in [0.1, 0.15) is 6.04 Å². The molecule has 0 aliphatic carbocycles. The van der Waals surface area contributed by atoms with Crippen molar-refractivity contribution in [1.82, 2.24) is 14.7 Å². The van der Waals surface area contributed by atoms with Crippen LogP contribution in [0.1, 0.15) is 59.9 Å². The Hall–Kier alpha value is -2.10. The summed E-state index contributed by atoms with van der Waals surface area (Å²) in [5.74, 6) is -1.70. The van der Waals surface area contributed by atoms with Crippen molar-refractivity contribution in [2.45, 2.75) is 93.4 Å². The lowest BCUT2D eigenvalue weighted by Gasteiger charge is -2.46. The van der Waals surface area contributed by atoms with Gasteiger partial charge in [-0.15, -0.1) is 24.9 Å². The first-order valence-electron chi connectivity index (χ1n) is 15.2. The normalized spacial score (nSPS) is 28.9. The van der Waals surface area contributed by atoms with E-state index in [-0.39, 0.29) is 39.8 Å². The maximum Gasteiger partial charge on any atom is 0.247 e. The minimum Gasteiger partial charge on any atom is -0.394 e. The van der Waals surface area contributed by atoms with E-state index in [2.05, 4.69) is 63.7 Å². The molecule has 1 spiro atoms. The van der Waals surface area contributed by atoms with Crippen molar-refractivity contribution in [3.05, 3.63) is 61.2 Å². The van der Waals surface area contributed by atoms with Gasteiger partial charge in [-0.1, -0.05) is 79.2 Å². The first-order chi connectivity index (χ1) is 20.1. The Morgan fingerprint density at radius 3 is 2.33 bits per heavy atom. The number of thioether (sulfide) groups is 1. The second-order valence-corrected chi connectivity index (χ2v) is 16.9. The van der Waals surface area contributed by atoms with Crippen molar-refractivity contribution in [3.63, 3.8) is 0 Å². The third-order valence-corrected chi connectivity index (χ3v) is 12.4. The summed E-state index contributed by atoms with van der Waals surface area (Å²) in [7, 11) is 0. The molecule has 0 saturated carbocycles. The molecule has 3 fully saturated rings.